The standard InChI is InChI=1S/C55H37N3/c1-4-15-38(16-5-1)41-27-30-43(31-28-41)53-56-54(58-55(57-53)51-26-13-12-25-49(51)42-20-8-3-9-21-42)48-24-14-23-46(36-48)50-34-33-45(39-17-6-2-7-18-39)37-52(50)47-32-29-40-19-10-11-22-44(40)35-47/h1-37H. The number of benzene rings is 9. The van der Waals surface area contributed by atoms with Crippen LogP contribution < -0.4 is 0 Å². The minimum atomic E-state index is 0.616. The van der Waals surface area contributed by atoms with Crippen molar-refractivity contribution in [2.75, 3.05) is 0 Å². The molecule has 0 aliphatic heterocycles. The van der Waals surface area contributed by atoms with E-state index in [1.807, 2.05) is 18.2 Å². The van der Waals surface area contributed by atoms with Gasteiger partial charge in [-0.2, -0.15) is 0 Å². The molecule has 0 saturated heterocycles. The lowest BCUT2D eigenvalue weighted by Crippen LogP contribution is -2.01. The third-order valence-corrected chi connectivity index (χ3v) is 10.8. The van der Waals surface area contributed by atoms with E-state index in [0.29, 0.717) is 17.5 Å². The molecular weight excluding hydrogens is 703 g/mol. The summed E-state index contributed by atoms with van der Waals surface area (Å²) < 4.78 is 0. The van der Waals surface area contributed by atoms with Gasteiger partial charge in [0.15, 0.2) is 17.5 Å². The highest BCUT2D eigenvalue weighted by Crippen LogP contribution is 2.39. The normalized spacial score (nSPS) is 11.1. The topological polar surface area (TPSA) is 38.7 Å². The summed E-state index contributed by atoms with van der Waals surface area (Å²) in [6.07, 6.45) is 0. The molecule has 10 rings (SSSR count). The van der Waals surface area contributed by atoms with Crippen LogP contribution in [0.2, 0.25) is 0 Å². The lowest BCUT2D eigenvalue weighted by atomic mass is 9.89. The molecule has 0 aliphatic rings. The minimum Gasteiger partial charge on any atom is -0.208 e. The molecule has 1 heterocycles. The maximum atomic E-state index is 5.23. The molecule has 0 radical (unpaired) electrons. The van der Waals surface area contributed by atoms with Crippen LogP contribution in [-0.2, 0) is 0 Å². The Morgan fingerprint density at radius 1 is 0.190 bits per heavy atom. The van der Waals surface area contributed by atoms with Gasteiger partial charge in [0.1, 0.15) is 0 Å². The molecule has 9 aromatic carbocycles. The van der Waals surface area contributed by atoms with Crippen LogP contribution in [0.25, 0.3) is 101 Å². The minimum absolute atomic E-state index is 0.616. The quantitative estimate of drug-likeness (QED) is 0.156. The number of hydrogen-bond donors (Lipinski definition) is 0. The van der Waals surface area contributed by atoms with Crippen molar-refractivity contribution in [3.05, 3.63) is 224 Å². The Balaban J connectivity index is 1.13. The molecule has 1 aromatic heterocycles. The number of hydrogen-bond acceptors (Lipinski definition) is 3. The Bertz CT molecular complexity index is 3030. The van der Waals surface area contributed by atoms with Gasteiger partial charge in [-0.3, -0.25) is 0 Å². The molecule has 3 heteroatoms. The maximum Gasteiger partial charge on any atom is 0.164 e. The van der Waals surface area contributed by atoms with E-state index in [9.17, 15) is 0 Å². The van der Waals surface area contributed by atoms with Crippen molar-refractivity contribution in [3.63, 3.8) is 0 Å². The molecule has 0 fully saturated rings. The molecule has 0 amide bonds. The highest BCUT2D eigenvalue weighted by atomic mass is 15.0. The van der Waals surface area contributed by atoms with Crippen molar-refractivity contribution in [3.8, 4) is 89.8 Å². The maximum absolute atomic E-state index is 5.23. The van der Waals surface area contributed by atoms with E-state index in [2.05, 4.69) is 206 Å². The van der Waals surface area contributed by atoms with Crippen molar-refractivity contribution in [2.45, 2.75) is 0 Å². The van der Waals surface area contributed by atoms with Gasteiger partial charge in [0.25, 0.3) is 0 Å². The van der Waals surface area contributed by atoms with E-state index < -0.39 is 0 Å². The lowest BCUT2D eigenvalue weighted by Gasteiger charge is -2.15. The van der Waals surface area contributed by atoms with Crippen LogP contribution >= 0.6 is 0 Å². The van der Waals surface area contributed by atoms with Crippen molar-refractivity contribution >= 4 is 10.8 Å². The Kier molecular flexibility index (Phi) is 9.23. The van der Waals surface area contributed by atoms with Crippen LogP contribution in [0.3, 0.4) is 0 Å². The summed E-state index contributed by atoms with van der Waals surface area (Å²) in [7, 11) is 0. The zero-order valence-electron chi connectivity index (χ0n) is 31.7. The zero-order valence-corrected chi connectivity index (χ0v) is 31.7. The largest absolute Gasteiger partial charge is 0.208 e. The van der Waals surface area contributed by atoms with Gasteiger partial charge in [0, 0.05) is 16.7 Å². The summed E-state index contributed by atoms with van der Waals surface area (Å²) in [6.45, 7) is 0. The second-order valence-electron chi connectivity index (χ2n) is 14.4. The Morgan fingerprint density at radius 2 is 0.638 bits per heavy atom. The van der Waals surface area contributed by atoms with Gasteiger partial charge in [-0.25, -0.2) is 15.0 Å². The first kappa shape index (κ1) is 34.7. The molecule has 0 saturated carbocycles. The summed E-state index contributed by atoms with van der Waals surface area (Å²) in [6, 6.07) is 79.0. The number of rotatable bonds is 8. The molecule has 0 aliphatic carbocycles. The molecule has 0 atom stereocenters. The molecule has 10 aromatic rings. The van der Waals surface area contributed by atoms with Crippen molar-refractivity contribution < 1.29 is 0 Å². The van der Waals surface area contributed by atoms with Crippen LogP contribution in [0.4, 0.5) is 0 Å². The molecule has 0 spiro atoms. The highest BCUT2D eigenvalue weighted by molar-refractivity contribution is 5.93. The second kappa shape index (κ2) is 15.4. The Labute approximate surface area is 338 Å². The monoisotopic (exact) mass is 739 g/mol. The predicted molar refractivity (Wildman–Crippen MR) is 241 cm³/mol. The van der Waals surface area contributed by atoms with E-state index in [1.54, 1.807) is 0 Å². The number of nitrogens with zero attached hydrogens (tertiary/aromatic N) is 3. The second-order valence-corrected chi connectivity index (χ2v) is 14.4. The van der Waals surface area contributed by atoms with Crippen LogP contribution in [0.15, 0.2) is 224 Å². The van der Waals surface area contributed by atoms with Crippen LogP contribution in [0.5, 0.6) is 0 Å². The number of aromatic nitrogens is 3. The average molecular weight is 740 g/mol. The van der Waals surface area contributed by atoms with Gasteiger partial charge >= 0.3 is 0 Å². The van der Waals surface area contributed by atoms with Crippen molar-refractivity contribution in [1.82, 2.24) is 15.0 Å². The van der Waals surface area contributed by atoms with Gasteiger partial charge in [0.2, 0.25) is 0 Å². The Morgan fingerprint density at radius 3 is 1.36 bits per heavy atom. The van der Waals surface area contributed by atoms with Gasteiger partial charge in [-0.15, -0.1) is 0 Å². The lowest BCUT2D eigenvalue weighted by molar-refractivity contribution is 1.07. The fourth-order valence-electron chi connectivity index (χ4n) is 7.77. The van der Waals surface area contributed by atoms with Gasteiger partial charge in [0.05, 0.1) is 0 Å². The molecule has 0 N–H and O–H groups in total. The molecular formula is C55H37N3. The van der Waals surface area contributed by atoms with Crippen LogP contribution in [0, 0.1) is 0 Å². The van der Waals surface area contributed by atoms with Crippen molar-refractivity contribution in [1.29, 1.82) is 0 Å². The van der Waals surface area contributed by atoms with E-state index in [4.69, 9.17) is 15.0 Å². The fourth-order valence-corrected chi connectivity index (χ4v) is 7.77. The first-order chi connectivity index (χ1) is 28.7. The summed E-state index contributed by atoms with van der Waals surface area (Å²) >= 11 is 0. The highest BCUT2D eigenvalue weighted by Gasteiger charge is 2.17. The summed E-state index contributed by atoms with van der Waals surface area (Å²) in [5, 5.41) is 2.43. The number of fused-ring (bicyclic) bond motifs is 1. The zero-order chi connectivity index (χ0) is 38.7. The van der Waals surface area contributed by atoms with Crippen molar-refractivity contribution in [2.24, 2.45) is 0 Å². The smallest absolute Gasteiger partial charge is 0.164 e. The third-order valence-electron chi connectivity index (χ3n) is 10.8. The molecule has 0 unspecified atom stereocenters. The molecule has 58 heavy (non-hydrogen) atoms. The summed E-state index contributed by atoms with van der Waals surface area (Å²) in [5.41, 5.74) is 14.2. The predicted octanol–water partition coefficient (Wildman–Crippen LogP) is 14.4. The van der Waals surface area contributed by atoms with E-state index >= 15 is 0 Å². The van der Waals surface area contributed by atoms with E-state index in [-0.39, 0.29) is 0 Å². The van der Waals surface area contributed by atoms with Crippen LogP contribution in [-0.4, -0.2) is 15.0 Å². The SMILES string of the molecule is c1ccc(-c2ccc(-c3nc(-c4cccc(-c5ccc(-c6ccccc6)cc5-c5ccc6ccccc6c5)c4)nc(-c4ccccc4-c4ccccc4)n3)cc2)cc1. The molecule has 272 valence electrons. The van der Waals surface area contributed by atoms with E-state index in [0.717, 1.165) is 55.6 Å². The molecule has 0 bridgehead atoms. The molecule has 3 nitrogen and oxygen atoms in total. The fraction of sp³-hybridized carbons (Fsp3) is 0. The van der Waals surface area contributed by atoms with Gasteiger partial charge in [-0.05, 0) is 84.6 Å². The van der Waals surface area contributed by atoms with Gasteiger partial charge < -0.3 is 0 Å². The van der Waals surface area contributed by atoms with Gasteiger partial charge in [-0.1, -0.05) is 206 Å². The summed E-state index contributed by atoms with van der Waals surface area (Å²) in [4.78, 5) is 15.6. The van der Waals surface area contributed by atoms with Crippen LogP contribution in [0.1, 0.15) is 0 Å². The summed E-state index contributed by atoms with van der Waals surface area (Å²) in [5.74, 6) is 1.86. The third kappa shape index (κ3) is 6.98. The first-order valence-corrected chi connectivity index (χ1v) is 19.6. The average Bonchev–Trinajstić information content (AvgIpc) is 3.32. The van der Waals surface area contributed by atoms with E-state index in [1.165, 1.54) is 27.5 Å². The first-order valence-electron chi connectivity index (χ1n) is 19.6. The Hall–Kier alpha value is -7.75.